The van der Waals surface area contributed by atoms with Crippen molar-refractivity contribution >= 4 is 5.97 Å². The van der Waals surface area contributed by atoms with E-state index in [0.29, 0.717) is 13.2 Å². The Morgan fingerprint density at radius 3 is 2.07 bits per heavy atom. The van der Waals surface area contributed by atoms with Crippen molar-refractivity contribution in [1.82, 2.24) is 0 Å². The SMILES string of the molecule is CCCCCCOCC(C[N+](C)(C)CCCOC(C)=O)OCCCCCC. The van der Waals surface area contributed by atoms with Gasteiger partial charge in [-0.3, -0.25) is 4.79 Å². The van der Waals surface area contributed by atoms with Crippen molar-refractivity contribution in [3.05, 3.63) is 0 Å². The summed E-state index contributed by atoms with van der Waals surface area (Å²) in [7, 11) is 4.42. The largest absolute Gasteiger partial charge is 0.466 e. The highest BCUT2D eigenvalue weighted by molar-refractivity contribution is 5.65. The number of likely N-dealkylation sites (N-methyl/N-ethyl adjacent to an activating group) is 1. The average Bonchev–Trinajstić information content (AvgIpc) is 2.61. The Labute approximate surface area is 168 Å². The normalized spacial score (nSPS) is 12.9. The minimum absolute atomic E-state index is 0.126. The summed E-state index contributed by atoms with van der Waals surface area (Å²) in [5.41, 5.74) is 0. The van der Waals surface area contributed by atoms with E-state index >= 15 is 0 Å². The maximum absolute atomic E-state index is 10.9. The first kappa shape index (κ1) is 26.4. The molecule has 0 rings (SSSR count). The van der Waals surface area contributed by atoms with Crippen LogP contribution in [-0.4, -0.2) is 70.2 Å². The minimum atomic E-state index is -0.204. The lowest BCUT2D eigenvalue weighted by Crippen LogP contribution is -2.48. The number of ether oxygens (including phenoxy) is 3. The summed E-state index contributed by atoms with van der Waals surface area (Å²) >= 11 is 0. The standard InChI is InChI=1S/C22H46NO4/c1-6-8-10-12-16-25-20-22(27-17-13-11-9-7-2)19-23(4,5)15-14-18-26-21(3)24/h22H,6-20H2,1-5H3/q+1. The second-order valence-corrected chi connectivity index (χ2v) is 8.22. The topological polar surface area (TPSA) is 44.8 Å². The van der Waals surface area contributed by atoms with Crippen molar-refractivity contribution in [3.8, 4) is 0 Å². The van der Waals surface area contributed by atoms with Gasteiger partial charge in [0, 0.05) is 26.6 Å². The van der Waals surface area contributed by atoms with E-state index in [1.165, 1.54) is 45.4 Å². The third kappa shape index (κ3) is 18.5. The molecule has 0 spiro atoms. The Morgan fingerprint density at radius 2 is 1.48 bits per heavy atom. The number of carbonyl (C=O) groups is 1. The van der Waals surface area contributed by atoms with Crippen molar-refractivity contribution in [2.75, 3.05) is 53.6 Å². The smallest absolute Gasteiger partial charge is 0.302 e. The average molecular weight is 389 g/mol. The number of carbonyl (C=O) groups excluding carboxylic acids is 1. The van der Waals surface area contributed by atoms with Crippen LogP contribution >= 0.6 is 0 Å². The van der Waals surface area contributed by atoms with E-state index in [2.05, 4.69) is 27.9 Å². The van der Waals surface area contributed by atoms with Gasteiger partial charge in [0.2, 0.25) is 0 Å². The Morgan fingerprint density at radius 1 is 0.852 bits per heavy atom. The summed E-state index contributed by atoms with van der Waals surface area (Å²) in [5, 5.41) is 0. The van der Waals surface area contributed by atoms with Crippen LogP contribution in [0.2, 0.25) is 0 Å². The Hall–Kier alpha value is -0.650. The van der Waals surface area contributed by atoms with Crippen LogP contribution in [0.5, 0.6) is 0 Å². The van der Waals surface area contributed by atoms with Gasteiger partial charge in [-0.2, -0.15) is 0 Å². The summed E-state index contributed by atoms with van der Waals surface area (Å²) in [4.78, 5) is 10.9. The lowest BCUT2D eigenvalue weighted by atomic mass is 10.2. The molecule has 0 saturated heterocycles. The molecule has 5 nitrogen and oxygen atoms in total. The third-order valence-electron chi connectivity index (χ3n) is 4.71. The molecule has 0 bridgehead atoms. The Bertz CT molecular complexity index is 347. The van der Waals surface area contributed by atoms with Gasteiger partial charge in [0.15, 0.2) is 0 Å². The summed E-state index contributed by atoms with van der Waals surface area (Å²) in [5.74, 6) is -0.204. The molecule has 0 saturated carbocycles. The molecule has 0 aliphatic rings. The van der Waals surface area contributed by atoms with E-state index in [9.17, 15) is 4.79 Å². The van der Waals surface area contributed by atoms with Crippen LogP contribution in [0.1, 0.15) is 78.6 Å². The molecule has 1 unspecified atom stereocenters. The highest BCUT2D eigenvalue weighted by Gasteiger charge is 2.23. The number of esters is 1. The molecular formula is C22H46NO4+. The maximum atomic E-state index is 10.9. The first-order valence-corrected chi connectivity index (χ1v) is 11.1. The molecule has 0 aromatic heterocycles. The number of quaternary nitrogens is 1. The first-order valence-electron chi connectivity index (χ1n) is 11.1. The summed E-state index contributed by atoms with van der Waals surface area (Å²) in [6, 6.07) is 0. The van der Waals surface area contributed by atoms with Crippen molar-refractivity contribution in [2.45, 2.75) is 84.7 Å². The molecule has 5 heteroatoms. The second kappa shape index (κ2) is 17.4. The highest BCUT2D eigenvalue weighted by atomic mass is 16.5. The third-order valence-corrected chi connectivity index (χ3v) is 4.71. The van der Waals surface area contributed by atoms with E-state index in [1.54, 1.807) is 0 Å². The quantitative estimate of drug-likeness (QED) is 0.185. The zero-order valence-corrected chi connectivity index (χ0v) is 18.8. The van der Waals surface area contributed by atoms with E-state index in [4.69, 9.17) is 14.2 Å². The fraction of sp³-hybridized carbons (Fsp3) is 0.955. The molecule has 0 aliphatic heterocycles. The van der Waals surface area contributed by atoms with Gasteiger partial charge >= 0.3 is 5.97 Å². The number of hydrogen-bond donors (Lipinski definition) is 0. The predicted molar refractivity (Wildman–Crippen MR) is 112 cm³/mol. The van der Waals surface area contributed by atoms with Gasteiger partial charge in [-0.1, -0.05) is 52.4 Å². The zero-order chi connectivity index (χ0) is 20.4. The summed E-state index contributed by atoms with van der Waals surface area (Å²) in [6.07, 6.45) is 10.8. The van der Waals surface area contributed by atoms with Gasteiger partial charge in [-0.25, -0.2) is 0 Å². The monoisotopic (exact) mass is 388 g/mol. The molecule has 1 atom stereocenters. The van der Waals surface area contributed by atoms with Crippen molar-refractivity contribution in [3.63, 3.8) is 0 Å². The lowest BCUT2D eigenvalue weighted by molar-refractivity contribution is -0.893. The molecule has 0 fully saturated rings. The van der Waals surface area contributed by atoms with E-state index in [-0.39, 0.29) is 12.1 Å². The molecule has 162 valence electrons. The Kier molecular flexibility index (Phi) is 17.0. The van der Waals surface area contributed by atoms with Crippen molar-refractivity contribution in [2.24, 2.45) is 0 Å². The number of hydrogen-bond acceptors (Lipinski definition) is 4. The van der Waals surface area contributed by atoms with E-state index in [0.717, 1.165) is 50.0 Å². The summed E-state index contributed by atoms with van der Waals surface area (Å²) in [6.45, 7) is 10.6. The van der Waals surface area contributed by atoms with Gasteiger partial charge in [0.05, 0.1) is 33.9 Å². The molecule has 0 aromatic carbocycles. The maximum Gasteiger partial charge on any atom is 0.302 e. The van der Waals surface area contributed by atoms with E-state index < -0.39 is 0 Å². The molecule has 0 heterocycles. The minimum Gasteiger partial charge on any atom is -0.466 e. The van der Waals surface area contributed by atoms with Crippen molar-refractivity contribution in [1.29, 1.82) is 0 Å². The second-order valence-electron chi connectivity index (χ2n) is 8.22. The molecule has 27 heavy (non-hydrogen) atoms. The van der Waals surface area contributed by atoms with E-state index in [1.807, 2.05) is 0 Å². The summed E-state index contributed by atoms with van der Waals surface area (Å²) < 4.78 is 18.0. The fourth-order valence-electron chi connectivity index (χ4n) is 3.13. The molecule has 0 amide bonds. The molecular weight excluding hydrogens is 342 g/mol. The number of nitrogens with zero attached hydrogens (tertiary/aromatic N) is 1. The number of rotatable bonds is 19. The fourth-order valence-corrected chi connectivity index (χ4v) is 3.13. The van der Waals surface area contributed by atoms with Gasteiger partial charge < -0.3 is 18.7 Å². The lowest BCUT2D eigenvalue weighted by Gasteiger charge is -2.33. The van der Waals surface area contributed by atoms with Crippen molar-refractivity contribution < 1.29 is 23.5 Å². The van der Waals surface area contributed by atoms with Crippen LogP contribution in [0.25, 0.3) is 0 Å². The molecule has 0 aliphatic carbocycles. The Balaban J connectivity index is 4.24. The van der Waals surface area contributed by atoms with Crippen LogP contribution in [-0.2, 0) is 19.0 Å². The van der Waals surface area contributed by atoms with Gasteiger partial charge in [0.25, 0.3) is 0 Å². The van der Waals surface area contributed by atoms with Crippen LogP contribution in [0.3, 0.4) is 0 Å². The van der Waals surface area contributed by atoms with Crippen LogP contribution in [0, 0.1) is 0 Å². The van der Waals surface area contributed by atoms with Crippen LogP contribution < -0.4 is 0 Å². The predicted octanol–water partition coefficient (Wildman–Crippen LogP) is 4.58. The molecule has 0 aromatic rings. The van der Waals surface area contributed by atoms with Crippen LogP contribution in [0.15, 0.2) is 0 Å². The van der Waals surface area contributed by atoms with Crippen LogP contribution in [0.4, 0.5) is 0 Å². The van der Waals surface area contributed by atoms with Gasteiger partial charge in [-0.15, -0.1) is 0 Å². The number of unbranched alkanes of at least 4 members (excludes halogenated alkanes) is 6. The van der Waals surface area contributed by atoms with Gasteiger partial charge in [-0.05, 0) is 12.8 Å². The molecule has 0 N–H and O–H groups in total. The zero-order valence-electron chi connectivity index (χ0n) is 18.8. The van der Waals surface area contributed by atoms with Gasteiger partial charge in [0.1, 0.15) is 12.6 Å². The highest BCUT2D eigenvalue weighted by Crippen LogP contribution is 2.09. The first-order chi connectivity index (χ1) is 12.9. The molecule has 0 radical (unpaired) electrons.